The number of likely N-dealkylation sites (N-methyl/N-ethyl adjacent to an activating group) is 2. The number of carbonyl (C=O) groups excluding carboxylic acids is 1. The second kappa shape index (κ2) is 8.59. The lowest BCUT2D eigenvalue weighted by Crippen LogP contribution is -2.39. The zero-order chi connectivity index (χ0) is 28.8. The predicted molar refractivity (Wildman–Crippen MR) is 170 cm³/mol. The van der Waals surface area contributed by atoms with E-state index in [9.17, 15) is 9.90 Å². The van der Waals surface area contributed by atoms with E-state index in [1.54, 1.807) is 0 Å². The first-order chi connectivity index (χ1) is 19.5. The van der Waals surface area contributed by atoms with Crippen molar-refractivity contribution in [2.75, 3.05) is 23.9 Å². The fourth-order valence-corrected chi connectivity index (χ4v) is 7.78. The first kappa shape index (κ1) is 25.6. The summed E-state index contributed by atoms with van der Waals surface area (Å²) in [5.74, 6) is 0.0871. The molecule has 0 fully saturated rings. The summed E-state index contributed by atoms with van der Waals surface area (Å²) in [6.45, 7) is 8.96. The van der Waals surface area contributed by atoms with Crippen molar-refractivity contribution in [2.45, 2.75) is 51.0 Å². The summed E-state index contributed by atoms with van der Waals surface area (Å²) in [6.07, 6.45) is 4.52. The molecule has 4 aromatic rings. The molecule has 4 aromatic carbocycles. The summed E-state index contributed by atoms with van der Waals surface area (Å²) in [5.41, 5.74) is 6.59. The topological polar surface area (TPSA) is 43.8 Å². The highest BCUT2D eigenvalue weighted by Gasteiger charge is 2.45. The molecule has 0 saturated heterocycles. The van der Waals surface area contributed by atoms with Crippen molar-refractivity contribution in [3.8, 4) is 0 Å². The second-order valence-electron chi connectivity index (χ2n) is 12.9. The molecule has 206 valence electrons. The van der Waals surface area contributed by atoms with Gasteiger partial charge < -0.3 is 14.9 Å². The number of hydrogen-bond acceptors (Lipinski definition) is 4. The minimum atomic E-state index is -0.235. The Kier molecular flexibility index (Phi) is 5.38. The molecule has 4 nitrogen and oxygen atoms in total. The zero-order valence-corrected chi connectivity index (χ0v) is 24.6. The Morgan fingerprint density at radius 3 is 2.02 bits per heavy atom. The van der Waals surface area contributed by atoms with Gasteiger partial charge in [0.25, 0.3) is 0 Å². The van der Waals surface area contributed by atoms with E-state index in [1.807, 2.05) is 6.08 Å². The fraction of sp³-hybridized carbons (Fsp3) is 0.270. The molecule has 0 aromatic heterocycles. The number of fused-ring (bicyclic) bond motifs is 6. The van der Waals surface area contributed by atoms with Gasteiger partial charge in [-0.1, -0.05) is 94.4 Å². The summed E-state index contributed by atoms with van der Waals surface area (Å²) in [6, 6.07) is 25.6. The van der Waals surface area contributed by atoms with Crippen LogP contribution in [-0.4, -0.2) is 31.0 Å². The van der Waals surface area contributed by atoms with Crippen molar-refractivity contribution in [1.29, 1.82) is 0 Å². The van der Waals surface area contributed by atoms with E-state index in [-0.39, 0.29) is 28.4 Å². The second-order valence-corrected chi connectivity index (χ2v) is 12.9. The number of allylic oxidation sites excluding steroid dienone is 4. The summed E-state index contributed by atoms with van der Waals surface area (Å²) in [4.78, 5) is 17.9. The third-order valence-electron chi connectivity index (χ3n) is 9.87. The summed E-state index contributed by atoms with van der Waals surface area (Å²) >= 11 is 0. The molecule has 4 heteroatoms. The van der Waals surface area contributed by atoms with E-state index in [4.69, 9.17) is 0 Å². The molecule has 1 aliphatic carbocycles. The molecule has 7 rings (SSSR count). The molecule has 2 heterocycles. The molecular formula is C37H36N2O2. The molecule has 0 spiro atoms. The van der Waals surface area contributed by atoms with Crippen LogP contribution >= 0.6 is 0 Å². The summed E-state index contributed by atoms with van der Waals surface area (Å²) in [5, 5.41) is 16.1. The van der Waals surface area contributed by atoms with Crippen LogP contribution in [0.15, 0.2) is 108 Å². The molecule has 41 heavy (non-hydrogen) atoms. The first-order valence-electron chi connectivity index (χ1n) is 14.4. The number of nitrogens with zero attached hydrogens (tertiary/aromatic N) is 2. The van der Waals surface area contributed by atoms with Gasteiger partial charge in [0.2, 0.25) is 0 Å². The van der Waals surface area contributed by atoms with Crippen LogP contribution in [-0.2, 0) is 15.6 Å². The Morgan fingerprint density at radius 2 is 1.39 bits per heavy atom. The maximum atomic E-state index is 13.5. The van der Waals surface area contributed by atoms with Gasteiger partial charge in [-0.15, -0.1) is 0 Å². The number of anilines is 2. The zero-order valence-electron chi connectivity index (χ0n) is 24.6. The smallest absolute Gasteiger partial charge is 0.196 e. The van der Waals surface area contributed by atoms with Crippen molar-refractivity contribution < 1.29 is 9.90 Å². The monoisotopic (exact) mass is 540 g/mol. The minimum absolute atomic E-state index is 0.0491. The van der Waals surface area contributed by atoms with Crippen LogP contribution in [0.3, 0.4) is 0 Å². The normalized spacial score (nSPS) is 22.7. The Balaban J connectivity index is 1.21. The third kappa shape index (κ3) is 3.43. The van der Waals surface area contributed by atoms with Gasteiger partial charge in [-0.3, -0.25) is 4.79 Å². The van der Waals surface area contributed by atoms with Gasteiger partial charge in [0.15, 0.2) is 5.78 Å². The Morgan fingerprint density at radius 1 is 0.805 bits per heavy atom. The van der Waals surface area contributed by atoms with E-state index in [2.05, 4.69) is 130 Å². The molecule has 0 amide bonds. The van der Waals surface area contributed by atoms with Gasteiger partial charge in [0.05, 0.1) is 11.6 Å². The number of hydrogen-bond donors (Lipinski definition) is 1. The van der Waals surface area contributed by atoms with Gasteiger partial charge in [-0.25, -0.2) is 0 Å². The molecule has 1 unspecified atom stereocenters. The summed E-state index contributed by atoms with van der Waals surface area (Å²) < 4.78 is 0. The van der Waals surface area contributed by atoms with Crippen LogP contribution in [0.2, 0.25) is 0 Å². The van der Waals surface area contributed by atoms with E-state index in [0.29, 0.717) is 17.6 Å². The van der Waals surface area contributed by atoms with Crippen molar-refractivity contribution in [3.63, 3.8) is 0 Å². The molecule has 0 saturated carbocycles. The number of rotatable bonds is 3. The highest BCUT2D eigenvalue weighted by atomic mass is 16.3. The van der Waals surface area contributed by atoms with Gasteiger partial charge >= 0.3 is 0 Å². The lowest BCUT2D eigenvalue weighted by molar-refractivity contribution is -0.114. The van der Waals surface area contributed by atoms with Crippen molar-refractivity contribution in [1.82, 2.24) is 0 Å². The molecule has 3 aliphatic rings. The molecular weight excluding hydrogens is 504 g/mol. The van der Waals surface area contributed by atoms with E-state index < -0.39 is 0 Å². The van der Waals surface area contributed by atoms with Gasteiger partial charge in [0, 0.05) is 47.6 Å². The van der Waals surface area contributed by atoms with Crippen molar-refractivity contribution in [2.24, 2.45) is 0 Å². The lowest BCUT2D eigenvalue weighted by Gasteiger charge is -2.32. The highest BCUT2D eigenvalue weighted by Crippen LogP contribution is 2.51. The predicted octanol–water partition coefficient (Wildman–Crippen LogP) is 8.11. The largest absolute Gasteiger partial charge is 0.507 e. The van der Waals surface area contributed by atoms with Gasteiger partial charge in [-0.05, 0) is 57.3 Å². The molecule has 1 N–H and O–H groups in total. The maximum Gasteiger partial charge on any atom is 0.196 e. The summed E-state index contributed by atoms with van der Waals surface area (Å²) in [7, 11) is 4.18. The van der Waals surface area contributed by atoms with Gasteiger partial charge in [0.1, 0.15) is 5.76 Å². The van der Waals surface area contributed by atoms with Crippen molar-refractivity contribution >= 4 is 38.7 Å². The SMILES string of the molecule is CN1/C(=C\CC2=C(O)C(=CC3N(C)c4ccc5ccccc5c4C3(C)C)C2=O)C(C)(C)c2c1ccc1ccccc21. The van der Waals surface area contributed by atoms with Crippen LogP contribution in [0.4, 0.5) is 11.4 Å². The Bertz CT molecular complexity index is 1890. The maximum absolute atomic E-state index is 13.5. The van der Waals surface area contributed by atoms with Crippen LogP contribution in [0.5, 0.6) is 0 Å². The number of ketones is 1. The van der Waals surface area contributed by atoms with Crippen molar-refractivity contribution in [3.05, 3.63) is 119 Å². The molecule has 1 atom stereocenters. The number of benzene rings is 4. The van der Waals surface area contributed by atoms with E-state index >= 15 is 0 Å². The minimum Gasteiger partial charge on any atom is -0.507 e. The quantitative estimate of drug-likeness (QED) is 0.267. The molecule has 0 bridgehead atoms. The van der Waals surface area contributed by atoms with Crippen LogP contribution in [0.25, 0.3) is 21.5 Å². The number of aliphatic hydroxyl groups is 1. The van der Waals surface area contributed by atoms with Crippen LogP contribution in [0, 0.1) is 0 Å². The average Bonchev–Trinajstić information content (AvgIpc) is 3.29. The first-order valence-corrected chi connectivity index (χ1v) is 14.4. The van der Waals surface area contributed by atoms with E-state index in [1.165, 1.54) is 44.0 Å². The fourth-order valence-electron chi connectivity index (χ4n) is 7.78. The number of aliphatic hydroxyl groups excluding tert-OH is 1. The third-order valence-corrected chi connectivity index (χ3v) is 9.87. The van der Waals surface area contributed by atoms with E-state index in [0.717, 1.165) is 5.70 Å². The van der Waals surface area contributed by atoms with Crippen LogP contribution in [0.1, 0.15) is 45.2 Å². The average molecular weight is 541 g/mol. The Labute approximate surface area is 241 Å². The lowest BCUT2D eigenvalue weighted by atomic mass is 9.75. The number of Topliss-reactive ketones (excluding diaryl/α,β-unsaturated/α-hetero) is 1. The van der Waals surface area contributed by atoms with Crippen LogP contribution < -0.4 is 9.80 Å². The standard InChI is InChI=1S/C37H36N2O2/c1-36(2)30(38(5)28-18-15-22-11-7-9-13-24(22)32(28)36)20-17-26-34(40)27(35(26)41)21-31-37(3,4)33-25-14-10-8-12-23(25)16-19-29(33)39(31)6/h7-16,18-21,31,40H,17H2,1-6H3/b27-21?,30-20-. The Hall–Kier alpha value is -4.31. The number of carbonyl (C=O) groups is 1. The highest BCUT2D eigenvalue weighted by molar-refractivity contribution is 6.19. The molecule has 0 radical (unpaired) electrons. The molecule has 2 aliphatic heterocycles. The van der Waals surface area contributed by atoms with Gasteiger partial charge in [-0.2, -0.15) is 0 Å².